The van der Waals surface area contributed by atoms with Crippen LogP contribution in [0.2, 0.25) is 0 Å². The minimum Gasteiger partial charge on any atom is -0.508 e. The van der Waals surface area contributed by atoms with Gasteiger partial charge in [-0.2, -0.15) is 0 Å². The molecule has 2 rings (SSSR count). The quantitative estimate of drug-likeness (QED) is 0.568. The molecule has 0 saturated carbocycles. The lowest BCUT2D eigenvalue weighted by Crippen LogP contribution is -2.16. The van der Waals surface area contributed by atoms with Crippen LogP contribution >= 0.6 is 0 Å². The predicted octanol–water partition coefficient (Wildman–Crippen LogP) is 2.92. The molecule has 1 atom stereocenters. The van der Waals surface area contributed by atoms with E-state index in [1.807, 2.05) is 0 Å². The Hall–Kier alpha value is -2.48. The van der Waals surface area contributed by atoms with Crippen LogP contribution in [-0.4, -0.2) is 28.1 Å². The molecule has 1 aliphatic heterocycles. The fourth-order valence-corrected chi connectivity index (χ4v) is 2.47. The normalized spacial score (nSPS) is 19.8. The highest BCUT2D eigenvalue weighted by Crippen LogP contribution is 2.28. The average molecular weight is 316 g/mol. The molecule has 0 fully saturated rings. The van der Waals surface area contributed by atoms with Gasteiger partial charge in [-0.05, 0) is 32.3 Å². The van der Waals surface area contributed by atoms with Crippen LogP contribution in [0.4, 0.5) is 0 Å². The molecule has 0 unspecified atom stereocenters. The number of carbonyl (C=O) groups excluding carboxylic acids is 2. The van der Waals surface area contributed by atoms with Gasteiger partial charge >= 0.3 is 5.97 Å². The third-order valence-electron chi connectivity index (χ3n) is 3.66. The van der Waals surface area contributed by atoms with E-state index in [9.17, 15) is 19.8 Å². The van der Waals surface area contributed by atoms with Gasteiger partial charge < -0.3 is 14.9 Å². The minimum atomic E-state index is -0.678. The van der Waals surface area contributed by atoms with Crippen molar-refractivity contribution in [2.24, 2.45) is 0 Å². The first kappa shape index (κ1) is 16.9. The molecule has 0 amide bonds. The third kappa shape index (κ3) is 4.75. The molecule has 5 heteroatoms. The van der Waals surface area contributed by atoms with E-state index in [0.29, 0.717) is 38.5 Å². The van der Waals surface area contributed by atoms with Crippen molar-refractivity contribution in [3.63, 3.8) is 0 Å². The molecule has 1 aromatic rings. The molecule has 1 heterocycles. The van der Waals surface area contributed by atoms with Gasteiger partial charge in [-0.25, -0.2) is 4.79 Å². The summed E-state index contributed by atoms with van der Waals surface area (Å²) in [6.45, 7) is 1.75. The number of phenolic OH excluding ortho intramolecular Hbond substituents is 2. The molecular weight excluding hydrogens is 296 g/mol. The minimum absolute atomic E-state index is 0.0321. The summed E-state index contributed by atoms with van der Waals surface area (Å²) < 4.78 is 5.32. The molecule has 0 aromatic heterocycles. The lowest BCUT2D eigenvalue weighted by Gasteiger charge is -2.15. The fraction of sp³-hybridized carbons (Fsp3) is 0.444. The number of Topliss-reactive ketones (excluding diaryl/α,β-unsaturated/α-hetero) is 1. The van der Waals surface area contributed by atoms with Gasteiger partial charge in [0.05, 0.1) is 6.10 Å². The number of ketones is 1. The van der Waals surface area contributed by atoms with Crippen LogP contribution in [0.5, 0.6) is 11.5 Å². The number of cyclic esters (lactones) is 1. The van der Waals surface area contributed by atoms with Crippen molar-refractivity contribution in [1.29, 1.82) is 0 Å². The van der Waals surface area contributed by atoms with Crippen molar-refractivity contribution in [1.82, 2.24) is 0 Å². The maximum Gasteiger partial charge on any atom is 0.343 e. The second-order valence-corrected chi connectivity index (χ2v) is 5.69. The number of carbonyl (C=O) groups is 2. The molecule has 5 nitrogen and oxygen atoms in total. The van der Waals surface area contributed by atoms with Gasteiger partial charge in [-0.1, -0.05) is 11.8 Å². The first-order valence-electron chi connectivity index (χ1n) is 7.75. The highest BCUT2D eigenvalue weighted by molar-refractivity contribution is 5.95. The highest BCUT2D eigenvalue weighted by atomic mass is 16.5. The van der Waals surface area contributed by atoms with Crippen LogP contribution in [0.1, 0.15) is 61.4 Å². The van der Waals surface area contributed by atoms with Gasteiger partial charge in [0.2, 0.25) is 0 Å². The SMILES string of the molecule is C[C@H]1CCCC(=O)CCCC#Cc2cc(O)cc(O)c2C(=O)O1. The van der Waals surface area contributed by atoms with Crippen LogP contribution in [0.25, 0.3) is 0 Å². The Morgan fingerprint density at radius 2 is 1.91 bits per heavy atom. The third-order valence-corrected chi connectivity index (χ3v) is 3.66. The number of ether oxygens (including phenoxy) is 1. The summed E-state index contributed by atoms with van der Waals surface area (Å²) >= 11 is 0. The number of aromatic hydroxyl groups is 2. The van der Waals surface area contributed by atoms with E-state index in [1.54, 1.807) is 6.92 Å². The zero-order valence-corrected chi connectivity index (χ0v) is 13.1. The molecule has 23 heavy (non-hydrogen) atoms. The molecule has 2 N–H and O–H groups in total. The Morgan fingerprint density at radius 3 is 2.70 bits per heavy atom. The molecule has 122 valence electrons. The Labute approximate surface area is 135 Å². The fourth-order valence-electron chi connectivity index (χ4n) is 2.47. The number of hydrogen-bond donors (Lipinski definition) is 2. The zero-order chi connectivity index (χ0) is 16.8. The second kappa shape index (κ2) is 7.68. The number of benzene rings is 1. The lowest BCUT2D eigenvalue weighted by molar-refractivity contribution is -0.119. The molecule has 1 aromatic carbocycles. The first-order chi connectivity index (χ1) is 11.0. The van der Waals surface area contributed by atoms with Crippen molar-refractivity contribution < 1.29 is 24.5 Å². The van der Waals surface area contributed by atoms with Crippen LogP contribution < -0.4 is 0 Å². The summed E-state index contributed by atoms with van der Waals surface area (Å²) in [5.41, 5.74) is 0.193. The molecule has 1 aliphatic rings. The summed E-state index contributed by atoms with van der Waals surface area (Å²) in [4.78, 5) is 24.0. The van der Waals surface area contributed by atoms with Crippen LogP contribution in [0, 0.1) is 11.8 Å². The standard InChI is InChI=1S/C18H20O5/c1-12-6-5-9-14(19)8-4-2-3-7-13-10-15(20)11-16(21)17(13)18(22)23-12/h10-12,20-21H,2,4-6,8-9H2,1H3/t12-/m0/s1. The van der Waals surface area contributed by atoms with Crippen molar-refractivity contribution in [3.8, 4) is 23.3 Å². The van der Waals surface area contributed by atoms with Gasteiger partial charge in [0.15, 0.2) is 0 Å². The van der Waals surface area contributed by atoms with Crippen LogP contribution in [-0.2, 0) is 9.53 Å². The lowest BCUT2D eigenvalue weighted by atomic mass is 10.0. The number of rotatable bonds is 0. The maximum absolute atomic E-state index is 12.3. The van der Waals surface area contributed by atoms with Crippen LogP contribution in [0.15, 0.2) is 12.1 Å². The number of esters is 1. The van der Waals surface area contributed by atoms with Crippen molar-refractivity contribution in [2.45, 2.75) is 51.6 Å². The summed E-state index contributed by atoms with van der Waals surface area (Å²) in [5, 5.41) is 19.5. The topological polar surface area (TPSA) is 83.8 Å². The van der Waals surface area contributed by atoms with Gasteiger partial charge in [-0.15, -0.1) is 0 Å². The largest absolute Gasteiger partial charge is 0.508 e. The molecule has 0 radical (unpaired) electrons. The van der Waals surface area contributed by atoms with E-state index in [1.165, 1.54) is 6.07 Å². The van der Waals surface area contributed by atoms with E-state index >= 15 is 0 Å². The zero-order valence-electron chi connectivity index (χ0n) is 13.1. The summed E-state index contributed by atoms with van der Waals surface area (Å²) in [5.74, 6) is 4.63. The van der Waals surface area contributed by atoms with Crippen molar-refractivity contribution in [2.75, 3.05) is 0 Å². The maximum atomic E-state index is 12.3. The Kier molecular flexibility index (Phi) is 5.64. The van der Waals surface area contributed by atoms with E-state index in [0.717, 1.165) is 6.07 Å². The molecular formula is C18H20O5. The predicted molar refractivity (Wildman–Crippen MR) is 84.2 cm³/mol. The smallest absolute Gasteiger partial charge is 0.343 e. The first-order valence-corrected chi connectivity index (χ1v) is 7.75. The average Bonchev–Trinajstić information content (AvgIpc) is 2.45. The van der Waals surface area contributed by atoms with E-state index in [2.05, 4.69) is 11.8 Å². The molecule has 0 bridgehead atoms. The van der Waals surface area contributed by atoms with Crippen molar-refractivity contribution in [3.05, 3.63) is 23.3 Å². The Balaban J connectivity index is 2.35. The number of hydrogen-bond acceptors (Lipinski definition) is 5. The monoisotopic (exact) mass is 316 g/mol. The Bertz CT molecular complexity index is 666. The van der Waals surface area contributed by atoms with Gasteiger partial charge in [0.1, 0.15) is 22.8 Å². The van der Waals surface area contributed by atoms with Gasteiger partial charge in [-0.3, -0.25) is 4.79 Å². The molecule has 0 saturated heterocycles. The highest BCUT2D eigenvalue weighted by Gasteiger charge is 2.21. The summed E-state index contributed by atoms with van der Waals surface area (Å²) in [6, 6.07) is 2.42. The van der Waals surface area contributed by atoms with Crippen LogP contribution in [0.3, 0.4) is 0 Å². The number of fused-ring (bicyclic) bond motifs is 1. The van der Waals surface area contributed by atoms with Gasteiger partial charge in [0.25, 0.3) is 0 Å². The molecule has 0 aliphatic carbocycles. The van der Waals surface area contributed by atoms with Crippen molar-refractivity contribution >= 4 is 11.8 Å². The van der Waals surface area contributed by atoms with E-state index in [4.69, 9.17) is 4.74 Å². The van der Waals surface area contributed by atoms with E-state index < -0.39 is 5.97 Å². The Morgan fingerprint density at radius 1 is 1.17 bits per heavy atom. The number of phenols is 2. The second-order valence-electron chi connectivity index (χ2n) is 5.69. The summed E-state index contributed by atoms with van der Waals surface area (Å²) in [6.07, 6.45) is 3.00. The van der Waals surface area contributed by atoms with Gasteiger partial charge in [0, 0.05) is 30.9 Å². The van der Waals surface area contributed by atoms with E-state index in [-0.39, 0.29) is 34.5 Å². The molecule has 0 spiro atoms. The summed E-state index contributed by atoms with van der Waals surface area (Å²) in [7, 11) is 0.